The van der Waals surface area contributed by atoms with Crippen LogP contribution in [0.25, 0.3) is 0 Å². The van der Waals surface area contributed by atoms with Crippen molar-refractivity contribution in [1.29, 1.82) is 5.26 Å². The summed E-state index contributed by atoms with van der Waals surface area (Å²) < 4.78 is 9.64. The molecule has 2 aromatic rings. The van der Waals surface area contributed by atoms with Crippen LogP contribution in [0.4, 0.5) is 0 Å². The molecule has 0 saturated carbocycles. The minimum absolute atomic E-state index is 0.114. The van der Waals surface area contributed by atoms with Crippen molar-refractivity contribution in [2.45, 2.75) is 0 Å². The average molecular weight is 353 g/mol. The molecule has 0 atom stereocenters. The molecule has 0 unspecified atom stereocenters. The summed E-state index contributed by atoms with van der Waals surface area (Å²) in [6, 6.07) is 10.9. The molecule has 2 rings (SSSR count). The molecule has 0 saturated heterocycles. The summed E-state index contributed by atoms with van der Waals surface area (Å²) in [7, 11) is 1.26. The van der Waals surface area contributed by atoms with Gasteiger partial charge in [0.05, 0.1) is 19.2 Å². The van der Waals surface area contributed by atoms with Gasteiger partial charge in [0.2, 0.25) is 0 Å². The Labute approximate surface area is 149 Å². The largest absolute Gasteiger partial charge is 0.482 e. The number of ketones is 1. The molecule has 1 heterocycles. The topological polar surface area (TPSA) is 118 Å². The lowest BCUT2D eigenvalue weighted by Crippen LogP contribution is -2.30. The number of amides is 1. The van der Waals surface area contributed by atoms with E-state index in [0.717, 1.165) is 0 Å². The van der Waals surface area contributed by atoms with Gasteiger partial charge in [-0.1, -0.05) is 0 Å². The molecule has 1 aromatic carbocycles. The third kappa shape index (κ3) is 5.14. The van der Waals surface area contributed by atoms with Crippen LogP contribution in [0.2, 0.25) is 0 Å². The molecule has 0 aliphatic carbocycles. The number of hydrogen-bond donors (Lipinski definition) is 1. The zero-order chi connectivity index (χ0) is 18.9. The van der Waals surface area contributed by atoms with Gasteiger partial charge in [-0.05, 0) is 36.4 Å². The van der Waals surface area contributed by atoms with Crippen molar-refractivity contribution < 1.29 is 23.9 Å². The number of Topliss-reactive ketones (excluding diaryl/α,β-unsaturated/α-hetero) is 1. The van der Waals surface area contributed by atoms with Crippen LogP contribution in [0.5, 0.6) is 5.75 Å². The quantitative estimate of drug-likeness (QED) is 0.585. The molecular weight excluding hydrogens is 338 g/mol. The normalized spacial score (nSPS) is 9.69. The third-order valence-corrected chi connectivity index (χ3v) is 3.30. The highest BCUT2D eigenvalue weighted by atomic mass is 16.6. The van der Waals surface area contributed by atoms with Crippen molar-refractivity contribution >= 4 is 17.7 Å². The first-order valence-corrected chi connectivity index (χ1v) is 7.50. The van der Waals surface area contributed by atoms with Gasteiger partial charge in [0, 0.05) is 11.8 Å². The van der Waals surface area contributed by atoms with E-state index in [1.807, 2.05) is 6.07 Å². The van der Waals surface area contributed by atoms with Crippen molar-refractivity contribution in [3.63, 3.8) is 0 Å². The van der Waals surface area contributed by atoms with E-state index in [4.69, 9.17) is 10.00 Å². The lowest BCUT2D eigenvalue weighted by Gasteiger charge is -2.07. The molecule has 1 aromatic heterocycles. The van der Waals surface area contributed by atoms with Gasteiger partial charge in [-0.25, -0.2) is 9.78 Å². The minimum Gasteiger partial charge on any atom is -0.482 e. The molecule has 26 heavy (non-hydrogen) atoms. The molecule has 0 aliphatic heterocycles. The van der Waals surface area contributed by atoms with E-state index < -0.39 is 11.9 Å². The van der Waals surface area contributed by atoms with Crippen LogP contribution in [-0.2, 0) is 9.53 Å². The molecule has 132 valence electrons. The zero-order valence-corrected chi connectivity index (χ0v) is 13.9. The summed E-state index contributed by atoms with van der Waals surface area (Å²) in [4.78, 5) is 38.9. The first-order chi connectivity index (χ1) is 12.5. The Hall–Kier alpha value is -3.73. The van der Waals surface area contributed by atoms with Gasteiger partial charge < -0.3 is 14.8 Å². The highest BCUT2D eigenvalue weighted by Gasteiger charge is 2.11. The van der Waals surface area contributed by atoms with Gasteiger partial charge in [0.1, 0.15) is 17.5 Å². The van der Waals surface area contributed by atoms with E-state index in [9.17, 15) is 14.4 Å². The van der Waals surface area contributed by atoms with Gasteiger partial charge in [0.15, 0.2) is 12.4 Å². The Morgan fingerprint density at radius 3 is 2.46 bits per heavy atom. The number of nitrogens with one attached hydrogen (secondary N) is 1. The number of nitrogens with zero attached hydrogens (tertiary/aromatic N) is 2. The second-order valence-electron chi connectivity index (χ2n) is 5.04. The summed E-state index contributed by atoms with van der Waals surface area (Å²) in [5, 5.41) is 11.2. The number of rotatable bonds is 7. The molecule has 0 spiro atoms. The van der Waals surface area contributed by atoms with Crippen LogP contribution in [0.3, 0.4) is 0 Å². The van der Waals surface area contributed by atoms with Gasteiger partial charge in [-0.3, -0.25) is 9.59 Å². The molecule has 1 N–H and O–H groups in total. The SMILES string of the molecule is COC(=O)COc1ccc(C(=O)CNC(=O)c2ccc(C#N)cn2)cc1. The lowest BCUT2D eigenvalue weighted by atomic mass is 10.1. The number of carbonyl (C=O) groups excluding carboxylic acids is 3. The summed E-state index contributed by atoms with van der Waals surface area (Å²) in [6.07, 6.45) is 1.28. The van der Waals surface area contributed by atoms with Gasteiger partial charge in [0.25, 0.3) is 5.91 Å². The highest BCUT2D eigenvalue weighted by Crippen LogP contribution is 2.12. The fraction of sp³-hybridized carbons (Fsp3) is 0.167. The lowest BCUT2D eigenvalue weighted by molar-refractivity contribution is -0.142. The molecule has 1 amide bonds. The zero-order valence-electron chi connectivity index (χ0n) is 13.9. The third-order valence-electron chi connectivity index (χ3n) is 3.30. The van der Waals surface area contributed by atoms with Gasteiger partial charge >= 0.3 is 5.97 Å². The highest BCUT2D eigenvalue weighted by molar-refractivity contribution is 6.01. The van der Waals surface area contributed by atoms with Crippen LogP contribution in [0.1, 0.15) is 26.4 Å². The second-order valence-corrected chi connectivity index (χ2v) is 5.04. The molecule has 0 aliphatic rings. The van der Waals surface area contributed by atoms with E-state index >= 15 is 0 Å². The molecule has 8 heteroatoms. The molecule has 0 bridgehead atoms. The van der Waals surface area contributed by atoms with Crippen LogP contribution in [-0.4, -0.2) is 42.9 Å². The predicted octanol–water partition coefficient (Wildman–Crippen LogP) is 1.12. The Balaban J connectivity index is 1.87. The van der Waals surface area contributed by atoms with E-state index in [1.165, 1.54) is 37.6 Å². The standard InChI is InChI=1S/C18H15N3O5/c1-25-17(23)11-26-14-5-3-13(4-6-14)16(22)10-21-18(24)15-7-2-12(8-19)9-20-15/h2-7,9H,10-11H2,1H3,(H,21,24). The van der Waals surface area contributed by atoms with Crippen molar-refractivity contribution in [3.8, 4) is 11.8 Å². The second kappa shape index (κ2) is 8.94. The van der Waals surface area contributed by atoms with Crippen molar-refractivity contribution in [1.82, 2.24) is 10.3 Å². The number of ether oxygens (including phenoxy) is 2. The number of nitriles is 1. The van der Waals surface area contributed by atoms with Crippen molar-refractivity contribution in [3.05, 3.63) is 59.4 Å². The smallest absolute Gasteiger partial charge is 0.343 e. The number of benzene rings is 1. The summed E-state index contributed by atoms with van der Waals surface area (Å²) in [6.45, 7) is -0.430. The van der Waals surface area contributed by atoms with E-state index in [0.29, 0.717) is 16.9 Å². The fourth-order valence-corrected chi connectivity index (χ4v) is 1.89. The maximum atomic E-state index is 12.1. The number of pyridine rings is 1. The van der Waals surface area contributed by atoms with Gasteiger partial charge in [-0.2, -0.15) is 5.26 Å². The Kier molecular flexibility index (Phi) is 6.40. The van der Waals surface area contributed by atoms with Crippen molar-refractivity contribution in [2.24, 2.45) is 0 Å². The minimum atomic E-state index is -0.513. The van der Waals surface area contributed by atoms with Crippen LogP contribution >= 0.6 is 0 Å². The predicted molar refractivity (Wildman–Crippen MR) is 89.6 cm³/mol. The number of methoxy groups -OCH3 is 1. The first-order valence-electron chi connectivity index (χ1n) is 7.50. The molecule has 8 nitrogen and oxygen atoms in total. The van der Waals surface area contributed by atoms with E-state index in [-0.39, 0.29) is 24.6 Å². The summed E-state index contributed by atoms with van der Waals surface area (Å²) in [5.74, 6) is -0.908. The Morgan fingerprint density at radius 2 is 1.88 bits per heavy atom. The van der Waals surface area contributed by atoms with Crippen LogP contribution < -0.4 is 10.1 Å². The van der Waals surface area contributed by atoms with E-state index in [2.05, 4.69) is 15.0 Å². The average Bonchev–Trinajstić information content (AvgIpc) is 2.70. The van der Waals surface area contributed by atoms with Crippen molar-refractivity contribution in [2.75, 3.05) is 20.3 Å². The van der Waals surface area contributed by atoms with Crippen LogP contribution in [0.15, 0.2) is 42.6 Å². The number of aromatic nitrogens is 1. The summed E-state index contributed by atoms with van der Waals surface area (Å²) in [5.41, 5.74) is 0.832. The maximum Gasteiger partial charge on any atom is 0.343 e. The summed E-state index contributed by atoms with van der Waals surface area (Å²) >= 11 is 0. The Bertz CT molecular complexity index is 839. The number of hydrogen-bond acceptors (Lipinski definition) is 7. The number of esters is 1. The first kappa shape index (κ1) is 18.6. The van der Waals surface area contributed by atoms with E-state index in [1.54, 1.807) is 12.1 Å². The molecule has 0 fully saturated rings. The Morgan fingerprint density at radius 1 is 1.15 bits per heavy atom. The van der Waals surface area contributed by atoms with Crippen LogP contribution in [0, 0.1) is 11.3 Å². The van der Waals surface area contributed by atoms with Gasteiger partial charge in [-0.15, -0.1) is 0 Å². The molecular formula is C18H15N3O5. The maximum absolute atomic E-state index is 12.1. The fourth-order valence-electron chi connectivity index (χ4n) is 1.89. The molecule has 0 radical (unpaired) electrons. The monoisotopic (exact) mass is 353 g/mol. The number of carbonyl (C=O) groups is 3.